The summed E-state index contributed by atoms with van der Waals surface area (Å²) in [5, 5.41) is 11.7. The molecule has 0 saturated heterocycles. The number of hydrogen-bond donors (Lipinski definition) is 2. The van der Waals surface area contributed by atoms with Gasteiger partial charge in [-0.25, -0.2) is 4.79 Å². The molecule has 5 heteroatoms. The van der Waals surface area contributed by atoms with Crippen molar-refractivity contribution in [2.75, 3.05) is 7.11 Å². The molecular formula is C19H21NO4. The monoisotopic (exact) mass is 327 g/mol. The van der Waals surface area contributed by atoms with Gasteiger partial charge < -0.3 is 15.2 Å². The molecule has 2 aromatic rings. The first-order valence-electron chi connectivity index (χ1n) is 7.70. The number of amides is 1. The fraction of sp³-hybridized carbons (Fsp3) is 0.263. The minimum atomic E-state index is -0.971. The number of rotatable bonds is 6. The van der Waals surface area contributed by atoms with Crippen LogP contribution in [0.3, 0.4) is 0 Å². The van der Waals surface area contributed by atoms with Crippen LogP contribution in [0.5, 0.6) is 5.75 Å². The van der Waals surface area contributed by atoms with E-state index in [-0.39, 0.29) is 11.5 Å². The fourth-order valence-corrected chi connectivity index (χ4v) is 2.30. The minimum absolute atomic E-state index is 0.219. The maximum Gasteiger partial charge on any atom is 0.335 e. The third-order valence-electron chi connectivity index (χ3n) is 3.79. The van der Waals surface area contributed by atoms with Gasteiger partial charge in [0, 0.05) is 6.54 Å². The largest absolute Gasteiger partial charge is 0.496 e. The standard InChI is InChI=1S/C19H21NO4/c1-12(2)15-8-9-17(24-3)16(10-15)18(21)20-11-13-4-6-14(7-5-13)19(22)23/h4-10,12H,11H2,1-3H3,(H,20,21)(H,22,23). The molecule has 0 fully saturated rings. The molecule has 1 amide bonds. The van der Waals surface area contributed by atoms with Crippen LogP contribution >= 0.6 is 0 Å². The predicted octanol–water partition coefficient (Wildman–Crippen LogP) is 3.45. The summed E-state index contributed by atoms with van der Waals surface area (Å²) in [5.41, 5.74) is 2.60. The lowest BCUT2D eigenvalue weighted by molar-refractivity contribution is 0.0696. The van der Waals surface area contributed by atoms with Gasteiger partial charge in [0.2, 0.25) is 0 Å². The lowest BCUT2D eigenvalue weighted by Crippen LogP contribution is -2.23. The van der Waals surface area contributed by atoms with Crippen LogP contribution in [-0.2, 0) is 6.54 Å². The Balaban J connectivity index is 2.11. The maximum atomic E-state index is 12.5. The first-order chi connectivity index (χ1) is 11.4. The van der Waals surface area contributed by atoms with E-state index in [1.807, 2.05) is 12.1 Å². The predicted molar refractivity (Wildman–Crippen MR) is 91.7 cm³/mol. The zero-order valence-corrected chi connectivity index (χ0v) is 14.0. The summed E-state index contributed by atoms with van der Waals surface area (Å²) >= 11 is 0. The van der Waals surface area contributed by atoms with Gasteiger partial charge in [0.05, 0.1) is 18.2 Å². The Hall–Kier alpha value is -2.82. The number of carboxylic acids is 1. The van der Waals surface area contributed by atoms with Crippen LogP contribution in [-0.4, -0.2) is 24.1 Å². The first kappa shape index (κ1) is 17.5. The second-order valence-corrected chi connectivity index (χ2v) is 5.80. The van der Waals surface area contributed by atoms with Crippen LogP contribution in [0.1, 0.15) is 51.6 Å². The van der Waals surface area contributed by atoms with E-state index in [0.717, 1.165) is 11.1 Å². The van der Waals surface area contributed by atoms with E-state index in [1.54, 1.807) is 18.2 Å². The SMILES string of the molecule is COc1ccc(C(C)C)cc1C(=O)NCc1ccc(C(=O)O)cc1. The number of carbonyl (C=O) groups is 2. The van der Waals surface area contributed by atoms with Crippen molar-refractivity contribution in [2.45, 2.75) is 26.3 Å². The van der Waals surface area contributed by atoms with Crippen molar-refractivity contribution >= 4 is 11.9 Å². The van der Waals surface area contributed by atoms with Crippen LogP contribution in [0.15, 0.2) is 42.5 Å². The Morgan fingerprint density at radius 2 is 1.79 bits per heavy atom. The number of methoxy groups -OCH3 is 1. The van der Waals surface area contributed by atoms with Gasteiger partial charge in [-0.3, -0.25) is 4.79 Å². The molecular weight excluding hydrogens is 306 g/mol. The Morgan fingerprint density at radius 1 is 1.12 bits per heavy atom. The second-order valence-electron chi connectivity index (χ2n) is 5.80. The summed E-state index contributed by atoms with van der Waals surface area (Å²) in [4.78, 5) is 23.3. The Labute approximate surface area is 141 Å². The molecule has 2 aromatic carbocycles. The van der Waals surface area contributed by atoms with E-state index in [1.165, 1.54) is 19.2 Å². The van der Waals surface area contributed by atoms with Gasteiger partial charge in [0.1, 0.15) is 5.75 Å². The Bertz CT molecular complexity index is 736. The molecule has 0 unspecified atom stereocenters. The van der Waals surface area contributed by atoms with Gasteiger partial charge in [-0.15, -0.1) is 0 Å². The first-order valence-corrected chi connectivity index (χ1v) is 7.70. The van der Waals surface area contributed by atoms with Crippen LogP contribution in [0, 0.1) is 0 Å². The van der Waals surface area contributed by atoms with Crippen molar-refractivity contribution < 1.29 is 19.4 Å². The van der Waals surface area contributed by atoms with E-state index >= 15 is 0 Å². The van der Waals surface area contributed by atoms with Gasteiger partial charge in [-0.1, -0.05) is 32.0 Å². The molecule has 2 rings (SSSR count). The van der Waals surface area contributed by atoms with Gasteiger partial charge in [0.15, 0.2) is 0 Å². The highest BCUT2D eigenvalue weighted by molar-refractivity contribution is 5.97. The highest BCUT2D eigenvalue weighted by atomic mass is 16.5. The number of aromatic carboxylic acids is 1. The summed E-state index contributed by atoms with van der Waals surface area (Å²) in [6.07, 6.45) is 0. The summed E-state index contributed by atoms with van der Waals surface area (Å²) in [7, 11) is 1.53. The highest BCUT2D eigenvalue weighted by Crippen LogP contribution is 2.24. The van der Waals surface area contributed by atoms with Crippen LogP contribution in [0.2, 0.25) is 0 Å². The topological polar surface area (TPSA) is 75.6 Å². The molecule has 24 heavy (non-hydrogen) atoms. The van der Waals surface area contributed by atoms with Crippen molar-refractivity contribution in [1.82, 2.24) is 5.32 Å². The number of hydrogen-bond acceptors (Lipinski definition) is 3. The van der Waals surface area contributed by atoms with E-state index in [9.17, 15) is 9.59 Å². The smallest absolute Gasteiger partial charge is 0.335 e. The zero-order chi connectivity index (χ0) is 17.7. The molecule has 0 spiro atoms. The van der Waals surface area contributed by atoms with Crippen molar-refractivity contribution in [3.05, 3.63) is 64.7 Å². The molecule has 0 aliphatic carbocycles. The van der Waals surface area contributed by atoms with Gasteiger partial charge in [0.25, 0.3) is 5.91 Å². The average Bonchev–Trinajstić information content (AvgIpc) is 2.59. The lowest BCUT2D eigenvalue weighted by Gasteiger charge is -2.13. The molecule has 0 heterocycles. The number of nitrogens with one attached hydrogen (secondary N) is 1. The zero-order valence-electron chi connectivity index (χ0n) is 14.0. The van der Waals surface area contributed by atoms with E-state index in [0.29, 0.717) is 23.8 Å². The van der Waals surface area contributed by atoms with Crippen molar-refractivity contribution in [1.29, 1.82) is 0 Å². The van der Waals surface area contributed by atoms with Crippen molar-refractivity contribution in [3.63, 3.8) is 0 Å². The van der Waals surface area contributed by atoms with E-state index < -0.39 is 5.97 Å². The summed E-state index contributed by atoms with van der Waals surface area (Å²) in [6.45, 7) is 4.44. The van der Waals surface area contributed by atoms with Gasteiger partial charge in [-0.2, -0.15) is 0 Å². The molecule has 0 aliphatic rings. The number of ether oxygens (including phenoxy) is 1. The summed E-state index contributed by atoms with van der Waals surface area (Å²) in [6, 6.07) is 12.0. The maximum absolute atomic E-state index is 12.5. The molecule has 126 valence electrons. The third-order valence-corrected chi connectivity index (χ3v) is 3.79. The summed E-state index contributed by atoms with van der Waals surface area (Å²) < 4.78 is 5.27. The number of carbonyl (C=O) groups excluding carboxylic acids is 1. The molecule has 0 radical (unpaired) electrons. The van der Waals surface area contributed by atoms with Crippen LogP contribution in [0.4, 0.5) is 0 Å². The van der Waals surface area contributed by atoms with Gasteiger partial charge in [-0.05, 0) is 41.3 Å². The van der Waals surface area contributed by atoms with Crippen molar-refractivity contribution in [3.8, 4) is 5.75 Å². The lowest BCUT2D eigenvalue weighted by atomic mass is 10.00. The fourth-order valence-electron chi connectivity index (χ4n) is 2.30. The summed E-state index contributed by atoms with van der Waals surface area (Å²) in [5.74, 6) is -0.360. The Kier molecular flexibility index (Phi) is 5.58. The van der Waals surface area contributed by atoms with Crippen LogP contribution in [0.25, 0.3) is 0 Å². The normalized spacial score (nSPS) is 10.5. The molecule has 0 aromatic heterocycles. The molecule has 0 aliphatic heterocycles. The third kappa shape index (κ3) is 4.13. The van der Waals surface area contributed by atoms with Gasteiger partial charge >= 0.3 is 5.97 Å². The highest BCUT2D eigenvalue weighted by Gasteiger charge is 2.14. The molecule has 2 N–H and O–H groups in total. The second kappa shape index (κ2) is 7.64. The molecule has 0 bridgehead atoms. The molecule has 0 saturated carbocycles. The molecule has 0 atom stereocenters. The van der Waals surface area contributed by atoms with Crippen molar-refractivity contribution in [2.24, 2.45) is 0 Å². The molecule has 5 nitrogen and oxygen atoms in total. The van der Waals surface area contributed by atoms with Crippen LogP contribution < -0.4 is 10.1 Å². The van der Waals surface area contributed by atoms with E-state index in [4.69, 9.17) is 9.84 Å². The average molecular weight is 327 g/mol. The number of benzene rings is 2. The van der Waals surface area contributed by atoms with E-state index in [2.05, 4.69) is 19.2 Å². The minimum Gasteiger partial charge on any atom is -0.496 e. The quantitative estimate of drug-likeness (QED) is 0.852. The Morgan fingerprint density at radius 3 is 2.33 bits per heavy atom. The number of carboxylic acid groups (broad SMARTS) is 1.